The number of aromatic nitrogens is 2. The Bertz CT molecular complexity index is 639. The van der Waals surface area contributed by atoms with Crippen molar-refractivity contribution in [3.8, 4) is 0 Å². The molecule has 1 amide bonds. The number of amides is 1. The zero-order valence-electron chi connectivity index (χ0n) is 11.6. The molecule has 0 aliphatic carbocycles. The molecule has 0 aromatic carbocycles. The van der Waals surface area contributed by atoms with Crippen LogP contribution in [-0.4, -0.2) is 54.3 Å². The van der Waals surface area contributed by atoms with E-state index in [0.717, 1.165) is 12.1 Å². The molecule has 2 atom stereocenters. The summed E-state index contributed by atoms with van der Waals surface area (Å²) in [6.07, 6.45) is 5.51. The topological polar surface area (TPSA) is 75.5 Å². The molecule has 2 aliphatic heterocycles. The van der Waals surface area contributed by atoms with Gasteiger partial charge in [0.1, 0.15) is 0 Å². The maximum Gasteiger partial charge on any atom is 0.231 e. The predicted molar refractivity (Wildman–Crippen MR) is 73.6 cm³/mol. The summed E-state index contributed by atoms with van der Waals surface area (Å²) in [5.74, 6) is -0.0655. The Hall–Kier alpha value is -1.41. The van der Waals surface area contributed by atoms with Gasteiger partial charge in [0, 0.05) is 32.9 Å². The van der Waals surface area contributed by atoms with Crippen molar-refractivity contribution in [2.75, 3.05) is 30.8 Å². The highest BCUT2D eigenvalue weighted by Crippen LogP contribution is 2.35. The minimum Gasteiger partial charge on any atom is -0.309 e. The van der Waals surface area contributed by atoms with Gasteiger partial charge in [0.05, 0.1) is 24.1 Å². The summed E-state index contributed by atoms with van der Waals surface area (Å²) in [4.78, 5) is 14.3. The minimum absolute atomic E-state index is 0.0143. The van der Waals surface area contributed by atoms with Gasteiger partial charge in [-0.05, 0) is 12.3 Å². The summed E-state index contributed by atoms with van der Waals surface area (Å²) in [5, 5.41) is 4.08. The molecule has 0 bridgehead atoms. The molecule has 20 heavy (non-hydrogen) atoms. The molecule has 2 saturated heterocycles. The van der Waals surface area contributed by atoms with E-state index in [1.54, 1.807) is 15.8 Å². The van der Waals surface area contributed by atoms with Crippen LogP contribution < -0.4 is 4.90 Å². The summed E-state index contributed by atoms with van der Waals surface area (Å²) in [6, 6.07) is 0. The van der Waals surface area contributed by atoms with E-state index < -0.39 is 10.0 Å². The zero-order chi connectivity index (χ0) is 14.5. The number of hydrogen-bond donors (Lipinski definition) is 0. The summed E-state index contributed by atoms with van der Waals surface area (Å²) in [6.45, 7) is 1.40. The summed E-state index contributed by atoms with van der Waals surface area (Å²) >= 11 is 0. The van der Waals surface area contributed by atoms with Crippen LogP contribution >= 0.6 is 0 Å². The maximum atomic E-state index is 12.6. The Labute approximate surface area is 118 Å². The Morgan fingerprint density at radius 2 is 2.10 bits per heavy atom. The van der Waals surface area contributed by atoms with Crippen LogP contribution in [0.5, 0.6) is 0 Å². The normalized spacial score (nSPS) is 27.9. The van der Waals surface area contributed by atoms with Crippen LogP contribution in [0.1, 0.15) is 6.42 Å². The molecule has 1 aromatic heterocycles. The summed E-state index contributed by atoms with van der Waals surface area (Å²) in [5.41, 5.74) is 0.786. The van der Waals surface area contributed by atoms with E-state index in [4.69, 9.17) is 0 Å². The first-order valence-corrected chi connectivity index (χ1v) is 8.46. The lowest BCUT2D eigenvalue weighted by molar-refractivity contribution is -0.124. The molecule has 0 spiro atoms. The Kier molecular flexibility index (Phi) is 3.09. The van der Waals surface area contributed by atoms with Crippen LogP contribution in [0.3, 0.4) is 0 Å². The quantitative estimate of drug-likeness (QED) is 0.749. The Morgan fingerprint density at radius 1 is 1.35 bits per heavy atom. The third-order valence-electron chi connectivity index (χ3n) is 4.19. The van der Waals surface area contributed by atoms with Crippen molar-refractivity contribution < 1.29 is 13.2 Å². The smallest absolute Gasteiger partial charge is 0.231 e. The van der Waals surface area contributed by atoms with Crippen molar-refractivity contribution in [1.29, 1.82) is 0 Å². The number of aryl methyl sites for hydroxylation is 1. The second-order valence-electron chi connectivity index (χ2n) is 5.60. The fourth-order valence-electron chi connectivity index (χ4n) is 3.08. The van der Waals surface area contributed by atoms with Gasteiger partial charge in [-0.15, -0.1) is 0 Å². The van der Waals surface area contributed by atoms with Gasteiger partial charge in [0.15, 0.2) is 0 Å². The van der Waals surface area contributed by atoms with Crippen LogP contribution in [0.15, 0.2) is 12.4 Å². The average molecular weight is 298 g/mol. The molecule has 1 aromatic rings. The average Bonchev–Trinajstić information content (AvgIpc) is 2.95. The lowest BCUT2D eigenvalue weighted by Crippen LogP contribution is -2.45. The number of anilines is 1. The van der Waals surface area contributed by atoms with E-state index in [-0.39, 0.29) is 17.7 Å². The van der Waals surface area contributed by atoms with Crippen molar-refractivity contribution >= 4 is 21.6 Å². The highest BCUT2D eigenvalue weighted by atomic mass is 32.2. The molecule has 2 unspecified atom stereocenters. The Balaban J connectivity index is 1.81. The Morgan fingerprint density at radius 3 is 2.70 bits per heavy atom. The molecule has 7 nitrogen and oxygen atoms in total. The number of carbonyl (C=O) groups is 1. The minimum atomic E-state index is -3.22. The zero-order valence-corrected chi connectivity index (χ0v) is 12.4. The van der Waals surface area contributed by atoms with Crippen molar-refractivity contribution in [1.82, 2.24) is 14.1 Å². The van der Waals surface area contributed by atoms with E-state index in [9.17, 15) is 13.2 Å². The predicted octanol–water partition coefficient (Wildman–Crippen LogP) is -0.336. The highest BCUT2D eigenvalue weighted by molar-refractivity contribution is 7.88. The van der Waals surface area contributed by atoms with E-state index in [1.807, 2.05) is 13.2 Å². The van der Waals surface area contributed by atoms with E-state index in [1.165, 1.54) is 10.6 Å². The van der Waals surface area contributed by atoms with Gasteiger partial charge in [0.25, 0.3) is 0 Å². The first-order valence-electron chi connectivity index (χ1n) is 6.61. The fraction of sp³-hybridized carbons (Fsp3) is 0.667. The number of piperidine rings is 1. The van der Waals surface area contributed by atoms with Gasteiger partial charge in [0.2, 0.25) is 15.9 Å². The van der Waals surface area contributed by atoms with Gasteiger partial charge < -0.3 is 4.90 Å². The third kappa shape index (κ3) is 2.22. The first kappa shape index (κ1) is 13.6. The second-order valence-corrected chi connectivity index (χ2v) is 7.58. The van der Waals surface area contributed by atoms with Gasteiger partial charge >= 0.3 is 0 Å². The molecule has 0 saturated carbocycles. The molecule has 3 rings (SSSR count). The van der Waals surface area contributed by atoms with Crippen molar-refractivity contribution in [3.63, 3.8) is 0 Å². The number of nitrogens with zero attached hydrogens (tertiary/aromatic N) is 4. The molecule has 2 fully saturated rings. The van der Waals surface area contributed by atoms with Crippen LogP contribution in [0.2, 0.25) is 0 Å². The van der Waals surface area contributed by atoms with E-state index in [2.05, 4.69) is 5.10 Å². The monoisotopic (exact) mass is 298 g/mol. The van der Waals surface area contributed by atoms with Gasteiger partial charge in [-0.1, -0.05) is 0 Å². The summed E-state index contributed by atoms with van der Waals surface area (Å²) in [7, 11) is -1.41. The van der Waals surface area contributed by atoms with E-state index >= 15 is 0 Å². The van der Waals surface area contributed by atoms with Gasteiger partial charge in [-0.25, -0.2) is 12.7 Å². The van der Waals surface area contributed by atoms with Crippen LogP contribution in [0.25, 0.3) is 0 Å². The molecule has 0 N–H and O–H groups in total. The fourth-order valence-corrected chi connectivity index (χ4v) is 3.98. The molecule has 0 radical (unpaired) electrons. The largest absolute Gasteiger partial charge is 0.309 e. The molecule has 2 aliphatic rings. The van der Waals surface area contributed by atoms with Gasteiger partial charge in [-0.2, -0.15) is 5.10 Å². The summed E-state index contributed by atoms with van der Waals surface area (Å²) < 4.78 is 26.3. The third-order valence-corrected chi connectivity index (χ3v) is 5.42. The van der Waals surface area contributed by atoms with E-state index in [0.29, 0.717) is 19.6 Å². The maximum absolute atomic E-state index is 12.6. The second kappa shape index (κ2) is 4.56. The molecular formula is C12H18N4O3S. The van der Waals surface area contributed by atoms with Crippen molar-refractivity contribution in [2.45, 2.75) is 6.42 Å². The SMILES string of the molecule is Cn1cc(N2CCC3CN(S(C)(=O)=O)CC3C2=O)cn1. The molecular weight excluding hydrogens is 280 g/mol. The van der Waals surface area contributed by atoms with Crippen LogP contribution in [0, 0.1) is 11.8 Å². The number of hydrogen-bond acceptors (Lipinski definition) is 4. The number of fused-ring (bicyclic) bond motifs is 1. The number of sulfonamides is 1. The molecule has 8 heteroatoms. The number of rotatable bonds is 2. The standard InChI is InChI=1S/C12H18N4O3S/c1-14-7-10(5-13-14)16-4-3-9-6-15(20(2,18)19)8-11(9)12(16)17/h5,7,9,11H,3-4,6,8H2,1-2H3. The lowest BCUT2D eigenvalue weighted by Gasteiger charge is -2.32. The van der Waals surface area contributed by atoms with Crippen molar-refractivity contribution in [3.05, 3.63) is 12.4 Å². The van der Waals surface area contributed by atoms with Crippen molar-refractivity contribution in [2.24, 2.45) is 18.9 Å². The first-order chi connectivity index (χ1) is 9.36. The van der Waals surface area contributed by atoms with Crippen LogP contribution in [-0.2, 0) is 21.9 Å². The van der Waals surface area contributed by atoms with Gasteiger partial charge in [-0.3, -0.25) is 9.48 Å². The number of carbonyl (C=O) groups excluding carboxylic acids is 1. The van der Waals surface area contributed by atoms with Crippen LogP contribution in [0.4, 0.5) is 5.69 Å². The molecule has 3 heterocycles. The highest BCUT2D eigenvalue weighted by Gasteiger charge is 2.45. The lowest BCUT2D eigenvalue weighted by atomic mass is 9.88. The molecule has 110 valence electrons.